The third-order valence-corrected chi connectivity index (χ3v) is 3.53. The maximum absolute atomic E-state index is 6.24. The van der Waals surface area contributed by atoms with Crippen molar-refractivity contribution in [3.05, 3.63) is 30.2 Å². The van der Waals surface area contributed by atoms with E-state index in [4.69, 9.17) is 10.2 Å². The van der Waals surface area contributed by atoms with Crippen LogP contribution in [0.15, 0.2) is 29.0 Å². The molecule has 0 saturated carbocycles. The van der Waals surface area contributed by atoms with Gasteiger partial charge in [-0.2, -0.15) is 0 Å². The molecule has 2 aromatic rings. The van der Waals surface area contributed by atoms with E-state index in [1.807, 2.05) is 12.1 Å². The monoisotopic (exact) mass is 231 g/mol. The summed E-state index contributed by atoms with van der Waals surface area (Å²) in [4.78, 5) is 4.10. The zero-order valence-corrected chi connectivity index (χ0v) is 9.73. The molecular formula is C13H17N3O. The minimum Gasteiger partial charge on any atom is -0.443 e. The van der Waals surface area contributed by atoms with Gasteiger partial charge in [-0.3, -0.25) is 0 Å². The Morgan fingerprint density at radius 2 is 2.47 bits per heavy atom. The molecule has 17 heavy (non-hydrogen) atoms. The van der Waals surface area contributed by atoms with Crippen LogP contribution in [0.25, 0.3) is 11.1 Å². The van der Waals surface area contributed by atoms with Crippen molar-refractivity contribution in [1.82, 2.24) is 10.3 Å². The van der Waals surface area contributed by atoms with Gasteiger partial charge in [0.1, 0.15) is 5.52 Å². The summed E-state index contributed by atoms with van der Waals surface area (Å²) in [6, 6.07) is 6.13. The van der Waals surface area contributed by atoms with E-state index in [9.17, 15) is 0 Å². The molecule has 3 N–H and O–H groups in total. The van der Waals surface area contributed by atoms with Crippen molar-refractivity contribution in [1.29, 1.82) is 0 Å². The number of aromatic nitrogens is 1. The van der Waals surface area contributed by atoms with Gasteiger partial charge in [0.25, 0.3) is 0 Å². The van der Waals surface area contributed by atoms with E-state index in [2.05, 4.69) is 16.4 Å². The molecule has 4 heteroatoms. The molecule has 1 aliphatic rings. The van der Waals surface area contributed by atoms with E-state index in [-0.39, 0.29) is 6.04 Å². The zero-order valence-electron chi connectivity index (χ0n) is 9.73. The minimum atomic E-state index is 0.0920. The number of nitrogens with zero attached hydrogens (tertiary/aromatic N) is 1. The van der Waals surface area contributed by atoms with Crippen molar-refractivity contribution < 1.29 is 4.42 Å². The van der Waals surface area contributed by atoms with Crippen LogP contribution in [0.2, 0.25) is 0 Å². The topological polar surface area (TPSA) is 64.1 Å². The number of benzene rings is 1. The van der Waals surface area contributed by atoms with Gasteiger partial charge in [0.15, 0.2) is 12.0 Å². The molecule has 0 radical (unpaired) electrons. The van der Waals surface area contributed by atoms with E-state index in [0.29, 0.717) is 5.92 Å². The summed E-state index contributed by atoms with van der Waals surface area (Å²) in [5, 5.41) is 3.37. The van der Waals surface area contributed by atoms with Crippen LogP contribution in [0.3, 0.4) is 0 Å². The molecule has 1 fully saturated rings. The Balaban J connectivity index is 1.77. The molecule has 90 valence electrons. The van der Waals surface area contributed by atoms with Gasteiger partial charge < -0.3 is 15.5 Å². The standard InChI is InChI=1S/C13H17N3O/c14-11(5-9-3-4-15-7-9)10-1-2-12-13(6-10)17-8-16-12/h1-2,6,8-9,11,15H,3-5,7,14H2. The number of hydrogen-bond acceptors (Lipinski definition) is 4. The molecule has 0 spiro atoms. The second kappa shape index (κ2) is 4.47. The van der Waals surface area contributed by atoms with E-state index in [1.54, 1.807) is 0 Å². The van der Waals surface area contributed by atoms with Crippen molar-refractivity contribution in [3.63, 3.8) is 0 Å². The summed E-state index contributed by atoms with van der Waals surface area (Å²) in [7, 11) is 0. The van der Waals surface area contributed by atoms with Gasteiger partial charge in [-0.1, -0.05) is 6.07 Å². The predicted octanol–water partition coefficient (Wildman–Crippen LogP) is 1.83. The van der Waals surface area contributed by atoms with Crippen LogP contribution in [0.5, 0.6) is 0 Å². The summed E-state index contributed by atoms with van der Waals surface area (Å²) >= 11 is 0. The summed E-state index contributed by atoms with van der Waals surface area (Å²) in [6.45, 7) is 2.22. The first kappa shape index (κ1) is 10.7. The molecule has 2 atom stereocenters. The SMILES string of the molecule is NC(CC1CCNC1)c1ccc2ncoc2c1. The number of oxazole rings is 1. The van der Waals surface area contributed by atoms with Crippen LogP contribution < -0.4 is 11.1 Å². The second-order valence-electron chi connectivity index (χ2n) is 4.78. The van der Waals surface area contributed by atoms with Gasteiger partial charge in [0.2, 0.25) is 0 Å². The number of hydrogen-bond donors (Lipinski definition) is 2. The first-order chi connectivity index (χ1) is 8.33. The van der Waals surface area contributed by atoms with E-state index in [0.717, 1.165) is 36.2 Å². The normalized spacial score (nSPS) is 22.1. The highest BCUT2D eigenvalue weighted by Crippen LogP contribution is 2.25. The Bertz CT molecular complexity index is 502. The molecule has 2 heterocycles. The molecule has 1 aliphatic heterocycles. The smallest absolute Gasteiger partial charge is 0.181 e. The fourth-order valence-electron chi connectivity index (χ4n) is 2.51. The first-order valence-corrected chi connectivity index (χ1v) is 6.12. The number of nitrogens with two attached hydrogens (primary N) is 1. The van der Waals surface area contributed by atoms with Crippen LogP contribution in [0.1, 0.15) is 24.4 Å². The largest absolute Gasteiger partial charge is 0.443 e. The molecule has 1 saturated heterocycles. The lowest BCUT2D eigenvalue weighted by atomic mass is 9.95. The maximum Gasteiger partial charge on any atom is 0.181 e. The molecule has 1 aromatic carbocycles. The molecule has 0 amide bonds. The molecule has 2 unspecified atom stereocenters. The Morgan fingerprint density at radius 3 is 3.29 bits per heavy atom. The minimum absolute atomic E-state index is 0.0920. The van der Waals surface area contributed by atoms with Crippen molar-refractivity contribution in [3.8, 4) is 0 Å². The zero-order chi connectivity index (χ0) is 11.7. The summed E-state index contributed by atoms with van der Waals surface area (Å²) in [5.74, 6) is 0.704. The van der Waals surface area contributed by atoms with Crippen molar-refractivity contribution in [2.45, 2.75) is 18.9 Å². The van der Waals surface area contributed by atoms with Gasteiger partial charge in [-0.25, -0.2) is 4.98 Å². The van der Waals surface area contributed by atoms with Crippen molar-refractivity contribution in [2.75, 3.05) is 13.1 Å². The van der Waals surface area contributed by atoms with Crippen molar-refractivity contribution in [2.24, 2.45) is 11.7 Å². The third-order valence-electron chi connectivity index (χ3n) is 3.53. The van der Waals surface area contributed by atoms with Gasteiger partial charge in [-0.15, -0.1) is 0 Å². The Labute approximate surface area is 100 Å². The molecule has 3 rings (SSSR count). The number of nitrogens with one attached hydrogen (secondary N) is 1. The highest BCUT2D eigenvalue weighted by Gasteiger charge is 2.19. The quantitative estimate of drug-likeness (QED) is 0.845. The average Bonchev–Trinajstić information content (AvgIpc) is 2.97. The highest BCUT2D eigenvalue weighted by molar-refractivity contribution is 5.72. The van der Waals surface area contributed by atoms with Crippen LogP contribution in [0.4, 0.5) is 0 Å². The van der Waals surface area contributed by atoms with Crippen LogP contribution in [-0.4, -0.2) is 18.1 Å². The van der Waals surface area contributed by atoms with E-state index < -0.39 is 0 Å². The molecule has 0 aliphatic carbocycles. The average molecular weight is 231 g/mol. The molecule has 0 bridgehead atoms. The summed E-state index contributed by atoms with van der Waals surface area (Å²) in [6.07, 6.45) is 3.74. The second-order valence-corrected chi connectivity index (χ2v) is 4.78. The first-order valence-electron chi connectivity index (χ1n) is 6.12. The third kappa shape index (κ3) is 2.18. The van der Waals surface area contributed by atoms with Crippen LogP contribution in [0, 0.1) is 5.92 Å². The van der Waals surface area contributed by atoms with Crippen LogP contribution in [-0.2, 0) is 0 Å². The highest BCUT2D eigenvalue weighted by atomic mass is 16.3. The lowest BCUT2D eigenvalue weighted by Crippen LogP contribution is -2.17. The fraction of sp³-hybridized carbons (Fsp3) is 0.462. The summed E-state index contributed by atoms with van der Waals surface area (Å²) in [5.41, 5.74) is 9.10. The summed E-state index contributed by atoms with van der Waals surface area (Å²) < 4.78 is 5.30. The van der Waals surface area contributed by atoms with Crippen molar-refractivity contribution >= 4 is 11.1 Å². The molecule has 1 aromatic heterocycles. The van der Waals surface area contributed by atoms with E-state index in [1.165, 1.54) is 12.8 Å². The van der Waals surface area contributed by atoms with Gasteiger partial charge in [0, 0.05) is 6.04 Å². The lowest BCUT2D eigenvalue weighted by Gasteiger charge is -2.15. The van der Waals surface area contributed by atoms with Crippen LogP contribution >= 0.6 is 0 Å². The molecular weight excluding hydrogens is 214 g/mol. The van der Waals surface area contributed by atoms with Gasteiger partial charge >= 0.3 is 0 Å². The lowest BCUT2D eigenvalue weighted by molar-refractivity contribution is 0.472. The predicted molar refractivity (Wildman–Crippen MR) is 66.5 cm³/mol. The van der Waals surface area contributed by atoms with Gasteiger partial charge in [-0.05, 0) is 49.5 Å². The van der Waals surface area contributed by atoms with Gasteiger partial charge in [0.05, 0.1) is 0 Å². The molecule has 4 nitrogen and oxygen atoms in total. The maximum atomic E-state index is 6.24. The fourth-order valence-corrected chi connectivity index (χ4v) is 2.51. The Morgan fingerprint density at radius 1 is 1.53 bits per heavy atom. The Kier molecular flexibility index (Phi) is 2.82. The Hall–Kier alpha value is -1.39. The number of fused-ring (bicyclic) bond motifs is 1. The van der Waals surface area contributed by atoms with E-state index >= 15 is 0 Å². The number of rotatable bonds is 3.